The summed E-state index contributed by atoms with van der Waals surface area (Å²) in [6.45, 7) is 2.11. The predicted octanol–water partition coefficient (Wildman–Crippen LogP) is 4.83. The van der Waals surface area contributed by atoms with Gasteiger partial charge in [0.05, 0.1) is 14.2 Å². The highest BCUT2D eigenvalue weighted by molar-refractivity contribution is 5.88. The highest BCUT2D eigenvalue weighted by Crippen LogP contribution is 2.34. The second kappa shape index (κ2) is 5.49. The van der Waals surface area contributed by atoms with Gasteiger partial charge in [0.1, 0.15) is 11.5 Å². The SMILES string of the molecule is COc1ccc(-c2ccc3cc(C)ccc3c2)c(OC)c1. The maximum Gasteiger partial charge on any atom is 0.130 e. The van der Waals surface area contributed by atoms with Crippen molar-refractivity contribution < 1.29 is 9.47 Å². The minimum atomic E-state index is 0.798. The fourth-order valence-electron chi connectivity index (χ4n) is 2.57. The van der Waals surface area contributed by atoms with Crippen molar-refractivity contribution >= 4 is 10.8 Å². The third-order valence-electron chi connectivity index (χ3n) is 3.72. The van der Waals surface area contributed by atoms with E-state index in [2.05, 4.69) is 43.3 Å². The Morgan fingerprint density at radius 2 is 1.48 bits per heavy atom. The molecule has 0 aliphatic rings. The van der Waals surface area contributed by atoms with Gasteiger partial charge in [0, 0.05) is 11.6 Å². The Morgan fingerprint density at radius 3 is 2.24 bits per heavy atom. The van der Waals surface area contributed by atoms with E-state index in [4.69, 9.17) is 9.47 Å². The molecular formula is C19H18O2. The average molecular weight is 278 g/mol. The van der Waals surface area contributed by atoms with Gasteiger partial charge in [0.15, 0.2) is 0 Å². The van der Waals surface area contributed by atoms with E-state index in [1.807, 2.05) is 18.2 Å². The maximum atomic E-state index is 5.49. The molecule has 3 rings (SSSR count). The van der Waals surface area contributed by atoms with Crippen molar-refractivity contribution in [2.45, 2.75) is 6.92 Å². The fraction of sp³-hybridized carbons (Fsp3) is 0.158. The molecule has 0 unspecified atom stereocenters. The molecule has 0 amide bonds. The van der Waals surface area contributed by atoms with E-state index < -0.39 is 0 Å². The van der Waals surface area contributed by atoms with Crippen LogP contribution in [0.5, 0.6) is 11.5 Å². The molecule has 0 heterocycles. The molecule has 0 saturated heterocycles. The summed E-state index contributed by atoms with van der Waals surface area (Å²) in [7, 11) is 3.34. The van der Waals surface area contributed by atoms with Gasteiger partial charge >= 0.3 is 0 Å². The number of ether oxygens (including phenoxy) is 2. The minimum Gasteiger partial charge on any atom is -0.497 e. The molecule has 0 spiro atoms. The molecule has 106 valence electrons. The molecule has 21 heavy (non-hydrogen) atoms. The van der Waals surface area contributed by atoms with E-state index in [0.29, 0.717) is 0 Å². The van der Waals surface area contributed by atoms with E-state index in [1.54, 1.807) is 14.2 Å². The molecule has 3 aromatic rings. The van der Waals surface area contributed by atoms with E-state index in [1.165, 1.54) is 16.3 Å². The molecule has 0 aromatic heterocycles. The first-order valence-electron chi connectivity index (χ1n) is 6.94. The second-order valence-electron chi connectivity index (χ2n) is 5.13. The number of methoxy groups -OCH3 is 2. The molecule has 0 atom stereocenters. The lowest BCUT2D eigenvalue weighted by atomic mass is 9.99. The number of benzene rings is 3. The van der Waals surface area contributed by atoms with Crippen LogP contribution in [0.15, 0.2) is 54.6 Å². The molecule has 2 heteroatoms. The lowest BCUT2D eigenvalue weighted by Gasteiger charge is -2.11. The number of fused-ring (bicyclic) bond motifs is 1. The summed E-state index contributed by atoms with van der Waals surface area (Å²) in [4.78, 5) is 0. The van der Waals surface area contributed by atoms with Crippen LogP contribution in [0, 0.1) is 6.92 Å². The van der Waals surface area contributed by atoms with Crippen LogP contribution >= 0.6 is 0 Å². The largest absolute Gasteiger partial charge is 0.497 e. The molecule has 0 bridgehead atoms. The van der Waals surface area contributed by atoms with Crippen molar-refractivity contribution in [2.75, 3.05) is 14.2 Å². The van der Waals surface area contributed by atoms with Crippen LogP contribution in [0.3, 0.4) is 0 Å². The van der Waals surface area contributed by atoms with E-state index >= 15 is 0 Å². The Balaban J connectivity index is 2.13. The number of rotatable bonds is 3. The van der Waals surface area contributed by atoms with E-state index in [0.717, 1.165) is 22.6 Å². The van der Waals surface area contributed by atoms with Crippen LogP contribution in [0.1, 0.15) is 5.56 Å². The summed E-state index contributed by atoms with van der Waals surface area (Å²) in [6.07, 6.45) is 0. The zero-order chi connectivity index (χ0) is 14.8. The van der Waals surface area contributed by atoms with Gasteiger partial charge in [-0.1, -0.05) is 35.9 Å². The molecule has 0 N–H and O–H groups in total. The molecule has 0 saturated carbocycles. The van der Waals surface area contributed by atoms with Crippen LogP contribution in [0.4, 0.5) is 0 Å². The summed E-state index contributed by atoms with van der Waals surface area (Å²) >= 11 is 0. The zero-order valence-corrected chi connectivity index (χ0v) is 12.5. The summed E-state index contributed by atoms with van der Waals surface area (Å²) < 4.78 is 10.7. The topological polar surface area (TPSA) is 18.5 Å². The van der Waals surface area contributed by atoms with Crippen LogP contribution < -0.4 is 9.47 Å². The smallest absolute Gasteiger partial charge is 0.130 e. The number of hydrogen-bond acceptors (Lipinski definition) is 2. The monoisotopic (exact) mass is 278 g/mol. The number of hydrogen-bond donors (Lipinski definition) is 0. The first-order chi connectivity index (χ1) is 10.2. The van der Waals surface area contributed by atoms with Gasteiger partial charge in [-0.15, -0.1) is 0 Å². The third-order valence-corrected chi connectivity index (χ3v) is 3.72. The standard InChI is InChI=1S/C19H18O2/c1-13-4-5-15-11-16(7-6-14(15)10-13)18-9-8-17(20-2)12-19(18)21-3/h4-12H,1-3H3. The molecular weight excluding hydrogens is 260 g/mol. The molecule has 2 nitrogen and oxygen atoms in total. The van der Waals surface area contributed by atoms with E-state index in [-0.39, 0.29) is 0 Å². The Labute approximate surface area is 124 Å². The molecule has 0 fully saturated rings. The minimum absolute atomic E-state index is 0.798. The Bertz CT molecular complexity index is 791. The Hall–Kier alpha value is -2.48. The van der Waals surface area contributed by atoms with Crippen molar-refractivity contribution in [3.8, 4) is 22.6 Å². The zero-order valence-electron chi connectivity index (χ0n) is 12.5. The molecule has 3 aromatic carbocycles. The van der Waals surface area contributed by atoms with Gasteiger partial charge in [-0.2, -0.15) is 0 Å². The second-order valence-corrected chi connectivity index (χ2v) is 5.13. The van der Waals surface area contributed by atoms with Crippen molar-refractivity contribution in [3.63, 3.8) is 0 Å². The first-order valence-corrected chi connectivity index (χ1v) is 6.94. The predicted molar refractivity (Wildman–Crippen MR) is 87.2 cm³/mol. The molecule has 0 aliphatic heterocycles. The van der Waals surface area contributed by atoms with Crippen LogP contribution in [0.2, 0.25) is 0 Å². The van der Waals surface area contributed by atoms with Gasteiger partial charge < -0.3 is 9.47 Å². The normalized spacial score (nSPS) is 10.6. The quantitative estimate of drug-likeness (QED) is 0.683. The van der Waals surface area contributed by atoms with Crippen molar-refractivity contribution in [2.24, 2.45) is 0 Å². The van der Waals surface area contributed by atoms with Crippen LogP contribution in [0.25, 0.3) is 21.9 Å². The Kier molecular flexibility index (Phi) is 3.53. The maximum absolute atomic E-state index is 5.49. The van der Waals surface area contributed by atoms with E-state index in [9.17, 15) is 0 Å². The Morgan fingerprint density at radius 1 is 0.714 bits per heavy atom. The first kappa shape index (κ1) is 13.5. The molecule has 0 aliphatic carbocycles. The van der Waals surface area contributed by atoms with Gasteiger partial charge in [-0.05, 0) is 41.5 Å². The summed E-state index contributed by atoms with van der Waals surface area (Å²) in [5.41, 5.74) is 3.49. The van der Waals surface area contributed by atoms with Gasteiger partial charge in [-0.3, -0.25) is 0 Å². The fourth-order valence-corrected chi connectivity index (χ4v) is 2.57. The highest BCUT2D eigenvalue weighted by Gasteiger charge is 2.08. The molecule has 0 radical (unpaired) electrons. The van der Waals surface area contributed by atoms with Crippen molar-refractivity contribution in [3.05, 3.63) is 60.2 Å². The van der Waals surface area contributed by atoms with Crippen molar-refractivity contribution in [1.29, 1.82) is 0 Å². The van der Waals surface area contributed by atoms with Gasteiger partial charge in [0.2, 0.25) is 0 Å². The number of aryl methyl sites for hydroxylation is 1. The summed E-state index contributed by atoms with van der Waals surface area (Å²) in [5.74, 6) is 1.62. The third kappa shape index (κ3) is 2.57. The van der Waals surface area contributed by atoms with Crippen molar-refractivity contribution in [1.82, 2.24) is 0 Å². The highest BCUT2D eigenvalue weighted by atomic mass is 16.5. The lowest BCUT2D eigenvalue weighted by Crippen LogP contribution is -1.90. The van der Waals surface area contributed by atoms with Gasteiger partial charge in [0.25, 0.3) is 0 Å². The average Bonchev–Trinajstić information content (AvgIpc) is 2.53. The van der Waals surface area contributed by atoms with Crippen LogP contribution in [-0.4, -0.2) is 14.2 Å². The van der Waals surface area contributed by atoms with Gasteiger partial charge in [-0.25, -0.2) is 0 Å². The summed E-state index contributed by atoms with van der Waals surface area (Å²) in [6, 6.07) is 18.9. The summed E-state index contributed by atoms with van der Waals surface area (Å²) in [5, 5.41) is 2.49. The van der Waals surface area contributed by atoms with Crippen LogP contribution in [-0.2, 0) is 0 Å². The lowest BCUT2D eigenvalue weighted by molar-refractivity contribution is 0.395.